The van der Waals surface area contributed by atoms with Crippen molar-refractivity contribution < 1.29 is 9.53 Å². The van der Waals surface area contributed by atoms with Gasteiger partial charge in [-0.05, 0) is 31.4 Å². The van der Waals surface area contributed by atoms with Crippen LogP contribution < -0.4 is 5.32 Å². The molecule has 5 nitrogen and oxygen atoms in total. The predicted molar refractivity (Wildman–Crippen MR) is 95.1 cm³/mol. The minimum Gasteiger partial charge on any atom is -0.381 e. The molecule has 1 aromatic carbocycles. The zero-order chi connectivity index (χ0) is 16.8. The number of nitrogens with zero attached hydrogens (tertiary/aromatic N) is 2. The molecule has 0 radical (unpaired) electrons. The van der Waals surface area contributed by atoms with Gasteiger partial charge in [-0.1, -0.05) is 37.3 Å². The molecule has 2 fully saturated rings. The number of hydrogen-bond donors (Lipinski definition) is 1. The molecule has 24 heavy (non-hydrogen) atoms. The molecule has 0 saturated carbocycles. The summed E-state index contributed by atoms with van der Waals surface area (Å²) in [5.41, 5.74) is 1.26. The summed E-state index contributed by atoms with van der Waals surface area (Å²) in [6.07, 6.45) is 3.12. The van der Waals surface area contributed by atoms with Gasteiger partial charge in [0.2, 0.25) is 0 Å². The highest BCUT2D eigenvalue weighted by Crippen LogP contribution is 2.22. The fraction of sp³-hybridized carbons (Fsp3) is 0.632. The molecule has 0 unspecified atom stereocenters. The number of rotatable bonds is 6. The molecular weight excluding hydrogens is 302 g/mol. The second-order valence-electron chi connectivity index (χ2n) is 6.70. The van der Waals surface area contributed by atoms with Crippen molar-refractivity contribution in [3.05, 3.63) is 35.9 Å². The molecule has 2 saturated heterocycles. The van der Waals surface area contributed by atoms with Crippen molar-refractivity contribution in [2.75, 3.05) is 39.4 Å². The highest BCUT2D eigenvalue weighted by atomic mass is 16.5. The zero-order valence-corrected chi connectivity index (χ0v) is 14.6. The Morgan fingerprint density at radius 1 is 1.21 bits per heavy atom. The highest BCUT2D eigenvalue weighted by molar-refractivity contribution is 5.75. The van der Waals surface area contributed by atoms with Gasteiger partial charge in [-0.3, -0.25) is 4.90 Å². The number of likely N-dealkylation sites (tertiary alicyclic amines) is 1. The van der Waals surface area contributed by atoms with E-state index in [1.807, 2.05) is 23.1 Å². The van der Waals surface area contributed by atoms with Gasteiger partial charge in [0.15, 0.2) is 0 Å². The lowest BCUT2D eigenvalue weighted by molar-refractivity contribution is -0.0163. The monoisotopic (exact) mass is 331 g/mol. The number of carbonyl (C=O) groups is 1. The molecule has 0 atom stereocenters. The maximum Gasteiger partial charge on any atom is 0.317 e. The van der Waals surface area contributed by atoms with E-state index in [2.05, 4.69) is 29.3 Å². The number of urea groups is 1. The van der Waals surface area contributed by atoms with E-state index in [0.29, 0.717) is 18.6 Å². The molecule has 2 aliphatic heterocycles. The molecule has 1 N–H and O–H groups in total. The van der Waals surface area contributed by atoms with E-state index in [1.165, 1.54) is 5.56 Å². The quantitative estimate of drug-likeness (QED) is 0.868. The molecule has 0 aliphatic carbocycles. The number of ether oxygens (including phenoxy) is 1. The number of carbonyl (C=O) groups excluding carboxylic acids is 1. The van der Waals surface area contributed by atoms with Crippen LogP contribution in [0, 0.1) is 0 Å². The molecule has 132 valence electrons. The Morgan fingerprint density at radius 2 is 1.92 bits per heavy atom. The first-order valence-corrected chi connectivity index (χ1v) is 9.18. The van der Waals surface area contributed by atoms with Crippen LogP contribution in [0.2, 0.25) is 0 Å². The van der Waals surface area contributed by atoms with E-state index in [4.69, 9.17) is 4.74 Å². The first-order chi connectivity index (χ1) is 11.8. The Labute approximate surface area is 145 Å². The van der Waals surface area contributed by atoms with Crippen LogP contribution in [0.5, 0.6) is 0 Å². The van der Waals surface area contributed by atoms with Gasteiger partial charge < -0.3 is 15.0 Å². The average Bonchev–Trinajstić information content (AvgIpc) is 2.59. The van der Waals surface area contributed by atoms with Gasteiger partial charge in [-0.25, -0.2) is 4.79 Å². The van der Waals surface area contributed by atoms with E-state index < -0.39 is 0 Å². The molecule has 1 aromatic rings. The normalized spacial score (nSPS) is 19.3. The van der Waals surface area contributed by atoms with E-state index in [9.17, 15) is 4.79 Å². The maximum atomic E-state index is 12.2. The molecule has 2 amide bonds. The zero-order valence-electron chi connectivity index (χ0n) is 14.6. The van der Waals surface area contributed by atoms with Gasteiger partial charge in [0.1, 0.15) is 0 Å². The second kappa shape index (κ2) is 8.49. The van der Waals surface area contributed by atoms with Gasteiger partial charge in [0, 0.05) is 44.9 Å². The number of likely N-dealkylation sites (N-methyl/N-ethyl adjacent to an activating group) is 1. The molecule has 0 aromatic heterocycles. The van der Waals surface area contributed by atoms with Crippen LogP contribution in [-0.2, 0) is 11.2 Å². The number of nitrogens with one attached hydrogen (secondary N) is 1. The summed E-state index contributed by atoms with van der Waals surface area (Å²) in [5, 5.41) is 3.04. The number of benzene rings is 1. The van der Waals surface area contributed by atoms with Crippen LogP contribution in [-0.4, -0.2) is 67.3 Å². The fourth-order valence-corrected chi connectivity index (χ4v) is 3.73. The second-order valence-corrected chi connectivity index (χ2v) is 6.70. The average molecular weight is 331 g/mol. The molecule has 0 spiro atoms. The third kappa shape index (κ3) is 4.28. The Kier molecular flexibility index (Phi) is 6.10. The lowest BCUT2D eigenvalue weighted by Gasteiger charge is -2.48. The lowest BCUT2D eigenvalue weighted by atomic mass is 10.0. The van der Waals surface area contributed by atoms with Crippen LogP contribution in [0.25, 0.3) is 0 Å². The topological polar surface area (TPSA) is 44.8 Å². The van der Waals surface area contributed by atoms with Crippen LogP contribution in [0.4, 0.5) is 4.79 Å². The van der Waals surface area contributed by atoms with Crippen molar-refractivity contribution in [2.24, 2.45) is 0 Å². The summed E-state index contributed by atoms with van der Waals surface area (Å²) in [6.45, 7) is 7.41. The number of amides is 2. The van der Waals surface area contributed by atoms with Crippen molar-refractivity contribution >= 4 is 6.03 Å². The van der Waals surface area contributed by atoms with E-state index >= 15 is 0 Å². The van der Waals surface area contributed by atoms with Crippen molar-refractivity contribution in [2.45, 2.75) is 38.3 Å². The third-order valence-corrected chi connectivity index (χ3v) is 5.18. The van der Waals surface area contributed by atoms with Crippen LogP contribution in [0.15, 0.2) is 30.3 Å². The lowest BCUT2D eigenvalue weighted by Crippen LogP contribution is -2.65. The van der Waals surface area contributed by atoms with E-state index in [-0.39, 0.29) is 6.03 Å². The van der Waals surface area contributed by atoms with Gasteiger partial charge in [-0.15, -0.1) is 0 Å². The SMILES string of the molecule is CCN(C1CCOCC1)C1CN(C(=O)NCCc2ccccc2)C1. The molecule has 2 heterocycles. The molecule has 5 heteroatoms. The van der Waals surface area contributed by atoms with Crippen LogP contribution in [0.1, 0.15) is 25.3 Å². The Bertz CT molecular complexity index is 511. The summed E-state index contributed by atoms with van der Waals surface area (Å²) >= 11 is 0. The maximum absolute atomic E-state index is 12.2. The van der Waals surface area contributed by atoms with Crippen molar-refractivity contribution in [1.82, 2.24) is 15.1 Å². The van der Waals surface area contributed by atoms with Gasteiger partial charge in [0.05, 0.1) is 0 Å². The minimum atomic E-state index is 0.0743. The minimum absolute atomic E-state index is 0.0743. The predicted octanol–water partition coefficient (Wildman–Crippen LogP) is 2.12. The van der Waals surface area contributed by atoms with Crippen LogP contribution in [0.3, 0.4) is 0 Å². The smallest absolute Gasteiger partial charge is 0.317 e. The van der Waals surface area contributed by atoms with Gasteiger partial charge in [-0.2, -0.15) is 0 Å². The summed E-state index contributed by atoms with van der Waals surface area (Å²) in [5.74, 6) is 0. The molecular formula is C19H29N3O2. The Balaban J connectivity index is 1.38. The highest BCUT2D eigenvalue weighted by Gasteiger charge is 2.37. The Morgan fingerprint density at radius 3 is 2.58 bits per heavy atom. The summed E-state index contributed by atoms with van der Waals surface area (Å²) in [7, 11) is 0. The van der Waals surface area contributed by atoms with Crippen molar-refractivity contribution in [3.8, 4) is 0 Å². The fourth-order valence-electron chi connectivity index (χ4n) is 3.73. The number of hydrogen-bond acceptors (Lipinski definition) is 3. The summed E-state index contributed by atoms with van der Waals surface area (Å²) in [6, 6.07) is 11.5. The molecule has 2 aliphatic rings. The molecule has 0 bridgehead atoms. The molecule has 3 rings (SSSR count). The summed E-state index contributed by atoms with van der Waals surface area (Å²) < 4.78 is 5.46. The van der Waals surface area contributed by atoms with Crippen molar-refractivity contribution in [3.63, 3.8) is 0 Å². The largest absolute Gasteiger partial charge is 0.381 e. The van der Waals surface area contributed by atoms with E-state index in [0.717, 1.165) is 52.1 Å². The van der Waals surface area contributed by atoms with Gasteiger partial charge >= 0.3 is 6.03 Å². The first kappa shape index (κ1) is 17.2. The van der Waals surface area contributed by atoms with E-state index in [1.54, 1.807) is 0 Å². The Hall–Kier alpha value is -1.59. The van der Waals surface area contributed by atoms with Gasteiger partial charge in [0.25, 0.3) is 0 Å². The third-order valence-electron chi connectivity index (χ3n) is 5.18. The van der Waals surface area contributed by atoms with Crippen LogP contribution >= 0.6 is 0 Å². The summed E-state index contributed by atoms with van der Waals surface area (Å²) in [4.78, 5) is 16.7. The first-order valence-electron chi connectivity index (χ1n) is 9.18. The standard InChI is InChI=1S/C19H29N3O2/c1-2-22(17-9-12-24-13-10-17)18-14-21(15-18)19(23)20-11-8-16-6-4-3-5-7-16/h3-7,17-18H,2,8-15H2,1H3,(H,20,23). The van der Waals surface area contributed by atoms with Crippen molar-refractivity contribution in [1.29, 1.82) is 0 Å².